The van der Waals surface area contributed by atoms with Gasteiger partial charge in [0.2, 0.25) is 0 Å². The Kier molecular flexibility index (Phi) is 5.21. The van der Waals surface area contributed by atoms with E-state index in [0.717, 1.165) is 6.54 Å². The monoisotopic (exact) mass is 253 g/mol. The van der Waals surface area contributed by atoms with Gasteiger partial charge in [0.25, 0.3) is 0 Å². The minimum Gasteiger partial charge on any atom is -0.312 e. The molecule has 0 amide bonds. The second-order valence-corrected chi connectivity index (χ2v) is 6.90. The lowest BCUT2D eigenvalue weighted by atomic mass is 9.77. The Balaban J connectivity index is 2.68. The van der Waals surface area contributed by atoms with Crippen molar-refractivity contribution in [3.8, 4) is 0 Å². The molecule has 17 heavy (non-hydrogen) atoms. The Bertz CT molecular complexity index is 304. The van der Waals surface area contributed by atoms with E-state index in [1.165, 1.54) is 24.8 Å². The maximum atomic E-state index is 3.68. The van der Waals surface area contributed by atoms with E-state index < -0.39 is 0 Å². The van der Waals surface area contributed by atoms with Crippen LogP contribution in [0.1, 0.15) is 53.0 Å². The molecule has 1 aromatic rings. The van der Waals surface area contributed by atoms with Crippen molar-refractivity contribution in [1.82, 2.24) is 5.32 Å². The molecule has 1 aromatic heterocycles. The highest BCUT2D eigenvalue weighted by molar-refractivity contribution is 7.07. The first kappa shape index (κ1) is 14.7. The summed E-state index contributed by atoms with van der Waals surface area (Å²) in [6.45, 7) is 12.5. The third-order valence-corrected chi connectivity index (χ3v) is 4.38. The van der Waals surface area contributed by atoms with Crippen LogP contribution in [0.4, 0.5) is 0 Å². The van der Waals surface area contributed by atoms with Crippen LogP contribution < -0.4 is 5.32 Å². The van der Waals surface area contributed by atoms with Gasteiger partial charge >= 0.3 is 0 Å². The second-order valence-electron chi connectivity index (χ2n) is 6.12. The van der Waals surface area contributed by atoms with Gasteiger partial charge in [-0.2, -0.15) is 11.3 Å². The molecule has 0 bridgehead atoms. The van der Waals surface area contributed by atoms with Gasteiger partial charge in [-0.25, -0.2) is 0 Å². The molecule has 0 spiro atoms. The number of nitrogens with one attached hydrogen (secondary N) is 1. The first-order valence-corrected chi connectivity index (χ1v) is 7.61. The minimum atomic E-state index is 0.213. The molecule has 0 saturated carbocycles. The number of hydrogen-bond donors (Lipinski definition) is 1. The summed E-state index contributed by atoms with van der Waals surface area (Å²) in [4.78, 5) is 0. The molecule has 0 unspecified atom stereocenters. The normalized spacial score (nSPS) is 13.0. The highest BCUT2D eigenvalue weighted by atomic mass is 32.1. The van der Waals surface area contributed by atoms with Crippen molar-refractivity contribution < 1.29 is 0 Å². The summed E-state index contributed by atoms with van der Waals surface area (Å²) in [6.07, 6.45) is 3.68. The van der Waals surface area contributed by atoms with Gasteiger partial charge in [-0.1, -0.05) is 13.8 Å². The zero-order valence-corrected chi connectivity index (χ0v) is 12.8. The minimum absolute atomic E-state index is 0.213. The third-order valence-electron chi connectivity index (χ3n) is 3.65. The van der Waals surface area contributed by atoms with E-state index in [9.17, 15) is 0 Å². The van der Waals surface area contributed by atoms with Crippen molar-refractivity contribution in [2.24, 2.45) is 5.41 Å². The summed E-state index contributed by atoms with van der Waals surface area (Å²) in [5, 5.41) is 8.15. The predicted molar refractivity (Wildman–Crippen MR) is 78.8 cm³/mol. The van der Waals surface area contributed by atoms with Crippen molar-refractivity contribution >= 4 is 11.3 Å². The summed E-state index contributed by atoms with van der Waals surface area (Å²) in [7, 11) is 0. The lowest BCUT2D eigenvalue weighted by Gasteiger charge is -2.35. The molecule has 0 aliphatic carbocycles. The Morgan fingerprint density at radius 2 is 1.82 bits per heavy atom. The molecular formula is C15H27NS. The quantitative estimate of drug-likeness (QED) is 0.788. The van der Waals surface area contributed by atoms with E-state index in [4.69, 9.17) is 0 Å². The van der Waals surface area contributed by atoms with E-state index in [1.54, 1.807) is 11.3 Å². The number of thiophene rings is 1. The molecule has 0 radical (unpaired) electrons. The fourth-order valence-corrected chi connectivity index (χ4v) is 2.76. The molecule has 1 heterocycles. The van der Waals surface area contributed by atoms with E-state index in [1.807, 2.05) is 0 Å². The fourth-order valence-electron chi connectivity index (χ4n) is 2.09. The van der Waals surface area contributed by atoms with Crippen molar-refractivity contribution in [2.75, 3.05) is 6.54 Å². The number of hydrogen-bond acceptors (Lipinski definition) is 2. The molecule has 0 aliphatic rings. The van der Waals surface area contributed by atoms with Crippen LogP contribution in [0.2, 0.25) is 0 Å². The van der Waals surface area contributed by atoms with E-state index in [-0.39, 0.29) is 5.54 Å². The van der Waals surface area contributed by atoms with Crippen LogP contribution in [0, 0.1) is 5.41 Å². The largest absolute Gasteiger partial charge is 0.312 e. The predicted octanol–water partition coefficient (Wildman–Crippen LogP) is 4.49. The van der Waals surface area contributed by atoms with E-state index in [2.05, 4.69) is 56.8 Å². The Labute approximate surface area is 111 Å². The molecule has 0 fully saturated rings. The van der Waals surface area contributed by atoms with Crippen molar-refractivity contribution in [3.05, 3.63) is 22.4 Å². The van der Waals surface area contributed by atoms with Gasteiger partial charge in [0, 0.05) is 12.1 Å². The Hall–Kier alpha value is -0.340. The summed E-state index contributed by atoms with van der Waals surface area (Å²) in [5.74, 6) is 0. The molecule has 1 nitrogen and oxygen atoms in total. The zero-order chi connectivity index (χ0) is 12.9. The van der Waals surface area contributed by atoms with Gasteiger partial charge in [-0.3, -0.25) is 0 Å². The van der Waals surface area contributed by atoms with Crippen LogP contribution in [0.3, 0.4) is 0 Å². The highest BCUT2D eigenvalue weighted by Gasteiger charge is 2.28. The van der Waals surface area contributed by atoms with Crippen LogP contribution in [-0.2, 0) is 6.42 Å². The lowest BCUT2D eigenvalue weighted by molar-refractivity contribution is 0.220. The molecule has 0 atom stereocenters. The van der Waals surface area contributed by atoms with Crippen LogP contribution >= 0.6 is 11.3 Å². The lowest BCUT2D eigenvalue weighted by Crippen LogP contribution is -2.44. The molecule has 0 aliphatic heterocycles. The zero-order valence-electron chi connectivity index (χ0n) is 12.0. The summed E-state index contributed by atoms with van der Waals surface area (Å²) >= 11 is 1.80. The molecule has 1 rings (SSSR count). The molecule has 2 heteroatoms. The topological polar surface area (TPSA) is 12.0 Å². The molecule has 0 aromatic carbocycles. The van der Waals surface area contributed by atoms with Crippen LogP contribution in [0.5, 0.6) is 0 Å². The van der Waals surface area contributed by atoms with Crippen molar-refractivity contribution in [1.29, 1.82) is 0 Å². The van der Waals surface area contributed by atoms with Gasteiger partial charge in [0.1, 0.15) is 0 Å². The van der Waals surface area contributed by atoms with Crippen molar-refractivity contribution in [3.63, 3.8) is 0 Å². The van der Waals surface area contributed by atoms with Gasteiger partial charge in [-0.15, -0.1) is 0 Å². The maximum Gasteiger partial charge on any atom is 0.00967 e. The van der Waals surface area contributed by atoms with E-state index >= 15 is 0 Å². The Morgan fingerprint density at radius 1 is 1.18 bits per heavy atom. The summed E-state index contributed by atoms with van der Waals surface area (Å²) < 4.78 is 0. The first-order chi connectivity index (χ1) is 7.91. The summed E-state index contributed by atoms with van der Waals surface area (Å²) in [6, 6.07) is 2.27. The van der Waals surface area contributed by atoms with Crippen LogP contribution in [-0.4, -0.2) is 12.1 Å². The van der Waals surface area contributed by atoms with Crippen LogP contribution in [0.15, 0.2) is 16.8 Å². The second kappa shape index (κ2) is 6.01. The maximum absolute atomic E-state index is 3.68. The first-order valence-electron chi connectivity index (χ1n) is 6.67. The summed E-state index contributed by atoms with van der Waals surface area (Å²) in [5.41, 5.74) is 2.12. The SMILES string of the molecule is CCC(CC)(CNC(C)(C)C)Cc1ccsc1. The van der Waals surface area contributed by atoms with Gasteiger partial charge in [0.05, 0.1) is 0 Å². The van der Waals surface area contributed by atoms with Gasteiger partial charge in [0.15, 0.2) is 0 Å². The smallest absolute Gasteiger partial charge is 0.00967 e. The molecule has 98 valence electrons. The van der Waals surface area contributed by atoms with Crippen LogP contribution in [0.25, 0.3) is 0 Å². The van der Waals surface area contributed by atoms with E-state index in [0.29, 0.717) is 5.41 Å². The van der Waals surface area contributed by atoms with Gasteiger partial charge < -0.3 is 5.32 Å². The molecule has 1 N–H and O–H groups in total. The Morgan fingerprint density at radius 3 is 2.24 bits per heavy atom. The highest BCUT2D eigenvalue weighted by Crippen LogP contribution is 2.31. The molecule has 0 saturated heterocycles. The average molecular weight is 253 g/mol. The standard InChI is InChI=1S/C15H27NS/c1-6-15(7-2,12-16-14(3,4)5)10-13-8-9-17-11-13/h8-9,11,16H,6-7,10,12H2,1-5H3. The van der Waals surface area contributed by atoms with Crippen molar-refractivity contribution in [2.45, 2.75) is 59.4 Å². The average Bonchev–Trinajstić information content (AvgIpc) is 2.76. The fraction of sp³-hybridized carbons (Fsp3) is 0.733. The third kappa shape index (κ3) is 4.81. The molecular weight excluding hydrogens is 226 g/mol. The van der Waals surface area contributed by atoms with Gasteiger partial charge in [-0.05, 0) is 67.8 Å². The number of rotatable bonds is 6.